The monoisotopic (exact) mass is 332 g/mol. The molecule has 1 heterocycles. The zero-order valence-corrected chi connectivity index (χ0v) is 11.7. The van der Waals surface area contributed by atoms with E-state index in [1.54, 1.807) is 0 Å². The summed E-state index contributed by atoms with van der Waals surface area (Å²) >= 11 is 0.465. The zero-order valence-electron chi connectivity index (χ0n) is 10.8. The Labute approximate surface area is 121 Å². The van der Waals surface area contributed by atoms with Crippen LogP contribution < -0.4 is 5.73 Å². The Hall–Kier alpha value is -0.830. The molecule has 0 amide bonds. The molecule has 1 aromatic rings. The summed E-state index contributed by atoms with van der Waals surface area (Å²) in [7, 11) is 0. The molecule has 0 radical (unpaired) electrons. The molecule has 0 bridgehead atoms. The predicted octanol–water partition coefficient (Wildman–Crippen LogP) is 4.53. The standard InChI is InChI=1S/C12H14F6N2S/c13-11(14,15)7-3-1-6(2-4-7)9(19)8-5-20-10(21-8)12(16,17)18/h5-7,9H,1-4,19H2. The van der Waals surface area contributed by atoms with Crippen LogP contribution in [0.2, 0.25) is 0 Å². The summed E-state index contributed by atoms with van der Waals surface area (Å²) in [6.45, 7) is 0. The fourth-order valence-corrected chi connectivity index (χ4v) is 3.49. The topological polar surface area (TPSA) is 38.9 Å². The molecule has 1 saturated carbocycles. The Kier molecular flexibility index (Phi) is 4.53. The average Bonchev–Trinajstić information content (AvgIpc) is 2.86. The van der Waals surface area contributed by atoms with E-state index in [1.807, 2.05) is 0 Å². The van der Waals surface area contributed by atoms with E-state index in [1.165, 1.54) is 0 Å². The van der Waals surface area contributed by atoms with Gasteiger partial charge in [-0.3, -0.25) is 0 Å². The van der Waals surface area contributed by atoms with Crippen LogP contribution in [0.4, 0.5) is 26.3 Å². The first-order chi connectivity index (χ1) is 9.59. The highest BCUT2D eigenvalue weighted by atomic mass is 32.1. The molecule has 120 valence electrons. The Morgan fingerprint density at radius 2 is 1.67 bits per heavy atom. The van der Waals surface area contributed by atoms with E-state index in [0.29, 0.717) is 11.3 Å². The summed E-state index contributed by atoms with van der Waals surface area (Å²) in [6, 6.07) is -0.687. The van der Waals surface area contributed by atoms with Crippen molar-refractivity contribution in [2.45, 2.75) is 44.1 Å². The van der Waals surface area contributed by atoms with Crippen LogP contribution in [-0.2, 0) is 6.18 Å². The largest absolute Gasteiger partial charge is 0.443 e. The van der Waals surface area contributed by atoms with Gasteiger partial charge in [-0.05, 0) is 31.6 Å². The Morgan fingerprint density at radius 3 is 2.10 bits per heavy atom. The van der Waals surface area contributed by atoms with Crippen molar-refractivity contribution in [1.82, 2.24) is 4.98 Å². The predicted molar refractivity (Wildman–Crippen MR) is 65.5 cm³/mol. The van der Waals surface area contributed by atoms with E-state index in [2.05, 4.69) is 4.98 Å². The van der Waals surface area contributed by atoms with Gasteiger partial charge in [0.25, 0.3) is 0 Å². The maximum atomic E-state index is 12.6. The third-order valence-electron chi connectivity index (χ3n) is 3.84. The highest BCUT2D eigenvalue weighted by Gasteiger charge is 2.42. The first-order valence-corrected chi connectivity index (χ1v) is 7.26. The lowest BCUT2D eigenvalue weighted by atomic mass is 9.78. The van der Waals surface area contributed by atoms with Crippen molar-refractivity contribution in [3.05, 3.63) is 16.1 Å². The number of aromatic nitrogens is 1. The molecule has 0 aromatic carbocycles. The summed E-state index contributed by atoms with van der Waals surface area (Å²) in [5.74, 6) is -1.56. The van der Waals surface area contributed by atoms with Crippen molar-refractivity contribution >= 4 is 11.3 Å². The van der Waals surface area contributed by atoms with Crippen molar-refractivity contribution in [1.29, 1.82) is 0 Å². The fraction of sp³-hybridized carbons (Fsp3) is 0.750. The van der Waals surface area contributed by atoms with Gasteiger partial charge in [0, 0.05) is 17.1 Å². The van der Waals surface area contributed by atoms with Crippen LogP contribution in [0, 0.1) is 11.8 Å². The number of rotatable bonds is 2. The molecule has 2 nitrogen and oxygen atoms in total. The van der Waals surface area contributed by atoms with E-state index in [0.717, 1.165) is 6.20 Å². The molecular formula is C12H14F6N2S. The minimum absolute atomic E-state index is 0.0210. The normalized spacial score (nSPS) is 25.9. The van der Waals surface area contributed by atoms with Gasteiger partial charge < -0.3 is 5.73 Å². The SMILES string of the molecule is NC(c1cnc(C(F)(F)F)s1)C1CCC(C(F)(F)F)CC1. The molecular weight excluding hydrogens is 318 g/mol. The van der Waals surface area contributed by atoms with Crippen LogP contribution in [0.5, 0.6) is 0 Å². The average molecular weight is 332 g/mol. The van der Waals surface area contributed by atoms with Crippen LogP contribution in [0.15, 0.2) is 6.20 Å². The molecule has 9 heteroatoms. The molecule has 21 heavy (non-hydrogen) atoms. The summed E-state index contributed by atoms with van der Waals surface area (Å²) < 4.78 is 75.1. The lowest BCUT2D eigenvalue weighted by Crippen LogP contribution is -2.31. The first-order valence-electron chi connectivity index (χ1n) is 6.44. The van der Waals surface area contributed by atoms with Crippen LogP contribution in [0.1, 0.15) is 41.6 Å². The summed E-state index contributed by atoms with van der Waals surface area (Å²) in [5, 5.41) is -0.975. The van der Waals surface area contributed by atoms with Gasteiger partial charge in [0.1, 0.15) is 0 Å². The van der Waals surface area contributed by atoms with Gasteiger partial charge >= 0.3 is 12.4 Å². The zero-order chi connectivity index (χ0) is 15.8. The smallest absolute Gasteiger partial charge is 0.323 e. The number of thiazole rings is 1. The van der Waals surface area contributed by atoms with Crippen LogP contribution in [0.3, 0.4) is 0 Å². The van der Waals surface area contributed by atoms with Gasteiger partial charge in [0.05, 0.1) is 5.92 Å². The van der Waals surface area contributed by atoms with Crippen molar-refractivity contribution in [3.63, 3.8) is 0 Å². The van der Waals surface area contributed by atoms with Gasteiger partial charge in [0.2, 0.25) is 0 Å². The molecule has 1 fully saturated rings. The molecule has 1 aromatic heterocycles. The number of nitrogens with two attached hydrogens (primary N) is 1. The molecule has 0 spiro atoms. The van der Waals surface area contributed by atoms with E-state index in [4.69, 9.17) is 5.73 Å². The number of hydrogen-bond acceptors (Lipinski definition) is 3. The summed E-state index contributed by atoms with van der Waals surface area (Å²) in [5.41, 5.74) is 5.90. The van der Waals surface area contributed by atoms with E-state index < -0.39 is 29.3 Å². The molecule has 2 rings (SSSR count). The maximum Gasteiger partial charge on any atom is 0.443 e. The van der Waals surface area contributed by atoms with Crippen LogP contribution >= 0.6 is 11.3 Å². The second-order valence-electron chi connectivity index (χ2n) is 5.24. The molecule has 1 aliphatic rings. The third kappa shape index (κ3) is 3.88. The summed E-state index contributed by atoms with van der Waals surface area (Å²) in [4.78, 5) is 3.57. The number of nitrogens with zero attached hydrogens (tertiary/aromatic N) is 1. The Bertz CT molecular complexity index is 473. The molecule has 2 N–H and O–H groups in total. The molecule has 0 saturated heterocycles. The maximum absolute atomic E-state index is 12.6. The van der Waals surface area contributed by atoms with Crippen molar-refractivity contribution in [2.24, 2.45) is 17.6 Å². The van der Waals surface area contributed by atoms with E-state index >= 15 is 0 Å². The van der Waals surface area contributed by atoms with E-state index in [-0.39, 0.29) is 36.5 Å². The van der Waals surface area contributed by atoms with Crippen LogP contribution in [-0.4, -0.2) is 11.2 Å². The van der Waals surface area contributed by atoms with Crippen LogP contribution in [0.25, 0.3) is 0 Å². The second-order valence-corrected chi connectivity index (χ2v) is 6.31. The minimum Gasteiger partial charge on any atom is -0.323 e. The second kappa shape index (κ2) is 5.75. The Morgan fingerprint density at radius 1 is 1.10 bits per heavy atom. The fourth-order valence-electron chi connectivity index (χ4n) is 2.61. The quantitative estimate of drug-likeness (QED) is 0.808. The van der Waals surface area contributed by atoms with Gasteiger partial charge in [-0.15, -0.1) is 11.3 Å². The molecule has 0 aliphatic heterocycles. The van der Waals surface area contributed by atoms with Gasteiger partial charge in [-0.2, -0.15) is 26.3 Å². The van der Waals surface area contributed by atoms with Gasteiger partial charge in [-0.1, -0.05) is 0 Å². The molecule has 1 aliphatic carbocycles. The highest BCUT2D eigenvalue weighted by molar-refractivity contribution is 7.11. The first kappa shape index (κ1) is 16.5. The number of halogens is 6. The van der Waals surface area contributed by atoms with Gasteiger partial charge in [-0.25, -0.2) is 4.98 Å². The molecule has 1 atom stereocenters. The Balaban J connectivity index is 1.99. The minimum atomic E-state index is -4.52. The van der Waals surface area contributed by atoms with Crippen molar-refractivity contribution < 1.29 is 26.3 Å². The summed E-state index contributed by atoms with van der Waals surface area (Å²) in [6.07, 6.45) is -7.15. The van der Waals surface area contributed by atoms with E-state index in [9.17, 15) is 26.3 Å². The van der Waals surface area contributed by atoms with Crippen molar-refractivity contribution in [3.8, 4) is 0 Å². The lowest BCUT2D eigenvalue weighted by molar-refractivity contribution is -0.184. The third-order valence-corrected chi connectivity index (χ3v) is 4.98. The lowest BCUT2D eigenvalue weighted by Gasteiger charge is -2.32. The van der Waals surface area contributed by atoms with Crippen molar-refractivity contribution in [2.75, 3.05) is 0 Å². The number of alkyl halides is 6. The molecule has 1 unspecified atom stereocenters. The van der Waals surface area contributed by atoms with Gasteiger partial charge in [0.15, 0.2) is 5.01 Å². The number of hydrogen-bond donors (Lipinski definition) is 1. The highest BCUT2D eigenvalue weighted by Crippen LogP contribution is 2.44.